The number of methoxy groups -OCH3 is 1. The van der Waals surface area contributed by atoms with Crippen LogP contribution in [-0.4, -0.2) is 117 Å². The first-order valence-electron chi connectivity index (χ1n) is 11.1. The number of carbonyl (C=O) groups excluding carboxylic acids is 4. The van der Waals surface area contributed by atoms with Crippen molar-refractivity contribution < 1.29 is 53.1 Å². The lowest BCUT2D eigenvalue weighted by Crippen LogP contribution is -2.39. The van der Waals surface area contributed by atoms with Gasteiger partial charge in [-0.25, -0.2) is 9.69 Å². The molecule has 36 heavy (non-hydrogen) atoms. The third kappa shape index (κ3) is 8.92. The Kier molecular flexibility index (Phi) is 12.3. The molecule has 0 spiro atoms. The second kappa shape index (κ2) is 15.5. The molecule has 1 heterocycles. The van der Waals surface area contributed by atoms with Crippen molar-refractivity contribution in [3.63, 3.8) is 0 Å². The predicted octanol–water partition coefficient (Wildman–Crippen LogP) is -0.595. The van der Waals surface area contributed by atoms with Gasteiger partial charge in [-0.15, -0.1) is 0 Å². The number of hydrogen-bond acceptors (Lipinski definition) is 11. The van der Waals surface area contributed by atoms with Gasteiger partial charge in [-0.1, -0.05) is 12.1 Å². The molecule has 1 saturated heterocycles. The number of nitrogens with zero attached hydrogens (tertiary/aromatic N) is 2. The maximum Gasteiger partial charge on any atom is 0.332 e. The predicted molar refractivity (Wildman–Crippen MR) is 123 cm³/mol. The molecule has 2 N–H and O–H groups in total. The van der Waals surface area contributed by atoms with Crippen LogP contribution in [0.5, 0.6) is 5.75 Å². The first-order valence-corrected chi connectivity index (χ1v) is 11.1. The van der Waals surface area contributed by atoms with Crippen molar-refractivity contribution in [2.24, 2.45) is 0 Å². The van der Waals surface area contributed by atoms with Crippen molar-refractivity contribution in [1.29, 1.82) is 0 Å². The Morgan fingerprint density at radius 1 is 0.806 bits per heavy atom. The summed E-state index contributed by atoms with van der Waals surface area (Å²) in [6.45, 7) is -1.58. The summed E-state index contributed by atoms with van der Waals surface area (Å²) in [6, 6.07) is 5.74. The third-order valence-electron chi connectivity index (χ3n) is 4.66. The Bertz CT molecular complexity index is 917. The SMILES string of the molecule is COc1ccc(C=C2C(=O)N(CC(=O)OCCOCCO)C(=O)N2CC(=O)OCCOCCO)cc1. The van der Waals surface area contributed by atoms with E-state index in [1.54, 1.807) is 24.3 Å². The summed E-state index contributed by atoms with van der Waals surface area (Å²) in [7, 11) is 1.50. The van der Waals surface area contributed by atoms with Crippen LogP contribution < -0.4 is 4.74 Å². The quantitative estimate of drug-likeness (QED) is 0.126. The van der Waals surface area contributed by atoms with Crippen LogP contribution in [0, 0.1) is 0 Å². The number of carbonyl (C=O) groups is 4. The van der Waals surface area contributed by atoms with E-state index in [0.29, 0.717) is 16.2 Å². The molecule has 1 fully saturated rings. The van der Waals surface area contributed by atoms with Crippen molar-refractivity contribution >= 4 is 30.0 Å². The van der Waals surface area contributed by atoms with Gasteiger partial charge < -0.3 is 33.9 Å². The molecule has 0 atom stereocenters. The Morgan fingerprint density at radius 2 is 1.33 bits per heavy atom. The lowest BCUT2D eigenvalue weighted by molar-refractivity contribution is -0.147. The number of aliphatic hydroxyl groups is 2. The molecule has 0 bridgehead atoms. The highest BCUT2D eigenvalue weighted by molar-refractivity contribution is 6.15. The Hall–Kier alpha value is -3.52. The van der Waals surface area contributed by atoms with Gasteiger partial charge in [-0.2, -0.15) is 0 Å². The van der Waals surface area contributed by atoms with E-state index >= 15 is 0 Å². The average molecular weight is 510 g/mol. The molecule has 13 nitrogen and oxygen atoms in total. The average Bonchev–Trinajstić information content (AvgIpc) is 3.08. The van der Waals surface area contributed by atoms with E-state index in [2.05, 4.69) is 0 Å². The van der Waals surface area contributed by atoms with E-state index in [1.165, 1.54) is 13.2 Å². The van der Waals surface area contributed by atoms with Gasteiger partial charge in [0.2, 0.25) is 0 Å². The second-order valence-electron chi connectivity index (χ2n) is 7.18. The molecule has 0 radical (unpaired) electrons. The summed E-state index contributed by atoms with van der Waals surface area (Å²) >= 11 is 0. The van der Waals surface area contributed by atoms with Gasteiger partial charge in [0.05, 0.1) is 46.8 Å². The fourth-order valence-corrected chi connectivity index (χ4v) is 2.99. The third-order valence-corrected chi connectivity index (χ3v) is 4.66. The van der Waals surface area contributed by atoms with Crippen molar-refractivity contribution in [1.82, 2.24) is 9.80 Å². The number of imide groups is 1. The molecule has 13 heteroatoms. The molecule has 1 aromatic carbocycles. The van der Waals surface area contributed by atoms with Crippen LogP contribution in [0.25, 0.3) is 6.08 Å². The van der Waals surface area contributed by atoms with Gasteiger partial charge in [0.1, 0.15) is 37.7 Å². The topological polar surface area (TPSA) is 161 Å². The summed E-state index contributed by atoms with van der Waals surface area (Å²) in [4.78, 5) is 52.1. The molecular formula is C23H30N2O11. The number of esters is 2. The van der Waals surface area contributed by atoms with E-state index in [4.69, 9.17) is 33.9 Å². The zero-order valence-electron chi connectivity index (χ0n) is 19.9. The van der Waals surface area contributed by atoms with E-state index in [1.807, 2.05) is 0 Å². The van der Waals surface area contributed by atoms with E-state index in [9.17, 15) is 19.2 Å². The van der Waals surface area contributed by atoms with Gasteiger partial charge in [0.15, 0.2) is 0 Å². The van der Waals surface area contributed by atoms with Crippen LogP contribution in [0.3, 0.4) is 0 Å². The van der Waals surface area contributed by atoms with Crippen LogP contribution in [0.2, 0.25) is 0 Å². The van der Waals surface area contributed by atoms with Crippen LogP contribution in [0.4, 0.5) is 4.79 Å². The fourth-order valence-electron chi connectivity index (χ4n) is 2.99. The molecule has 1 aliphatic heterocycles. The molecule has 3 amide bonds. The first-order chi connectivity index (χ1) is 17.4. The number of rotatable bonds is 16. The van der Waals surface area contributed by atoms with Crippen molar-refractivity contribution in [2.45, 2.75) is 0 Å². The van der Waals surface area contributed by atoms with Crippen LogP contribution >= 0.6 is 0 Å². The number of amides is 3. The maximum atomic E-state index is 13.0. The van der Waals surface area contributed by atoms with Gasteiger partial charge in [0, 0.05) is 0 Å². The minimum absolute atomic E-state index is 0.0385. The standard InChI is InChI=1S/C23H30N2O11/c1-32-18-4-2-17(3-5-18)14-19-22(30)25(16-21(29)36-13-11-34-9-7-27)23(31)24(19)15-20(28)35-12-10-33-8-6-26/h2-5,14,26-27H,6-13,15-16H2,1H3. The number of benzene rings is 1. The normalized spacial score (nSPS) is 14.5. The minimum atomic E-state index is -0.887. The van der Waals surface area contributed by atoms with E-state index < -0.39 is 37.0 Å². The lowest BCUT2D eigenvalue weighted by atomic mass is 10.1. The number of ether oxygens (including phenoxy) is 5. The van der Waals surface area contributed by atoms with Gasteiger partial charge in [-0.05, 0) is 23.8 Å². The first kappa shape index (κ1) is 28.7. The molecular weight excluding hydrogens is 480 g/mol. The number of urea groups is 1. The largest absolute Gasteiger partial charge is 0.497 e. The van der Waals surface area contributed by atoms with Gasteiger partial charge in [0.25, 0.3) is 5.91 Å². The molecule has 0 aliphatic carbocycles. The highest BCUT2D eigenvalue weighted by atomic mass is 16.6. The second-order valence-corrected chi connectivity index (χ2v) is 7.18. The van der Waals surface area contributed by atoms with Crippen molar-refractivity contribution in [3.05, 3.63) is 35.5 Å². The highest BCUT2D eigenvalue weighted by Gasteiger charge is 2.43. The van der Waals surface area contributed by atoms with E-state index in [0.717, 1.165) is 4.90 Å². The number of aliphatic hydroxyl groups excluding tert-OH is 2. The molecule has 198 valence electrons. The fraction of sp³-hybridized carbons (Fsp3) is 0.478. The van der Waals surface area contributed by atoms with Crippen molar-refractivity contribution in [2.75, 3.05) is 73.1 Å². The molecule has 0 unspecified atom stereocenters. The molecule has 0 saturated carbocycles. The lowest BCUT2D eigenvalue weighted by Gasteiger charge is -2.16. The zero-order valence-corrected chi connectivity index (χ0v) is 19.9. The highest BCUT2D eigenvalue weighted by Crippen LogP contribution is 2.24. The summed E-state index contributed by atoms with van der Waals surface area (Å²) in [5.41, 5.74) is 0.422. The molecule has 1 aliphatic rings. The Labute approximate surface area is 207 Å². The van der Waals surface area contributed by atoms with Crippen LogP contribution in [-0.2, 0) is 33.3 Å². The molecule has 0 aromatic heterocycles. The zero-order chi connectivity index (χ0) is 26.3. The van der Waals surface area contributed by atoms with Gasteiger partial charge >= 0.3 is 18.0 Å². The number of hydrogen-bond donors (Lipinski definition) is 2. The summed E-state index contributed by atoms with van der Waals surface area (Å²) in [5.74, 6) is -1.85. The maximum absolute atomic E-state index is 13.0. The van der Waals surface area contributed by atoms with Gasteiger partial charge in [-0.3, -0.25) is 19.3 Å². The van der Waals surface area contributed by atoms with Crippen LogP contribution in [0.15, 0.2) is 30.0 Å². The Balaban J connectivity index is 2.11. The summed E-state index contributed by atoms with van der Waals surface area (Å²) in [6.07, 6.45) is 1.41. The van der Waals surface area contributed by atoms with Crippen molar-refractivity contribution in [3.8, 4) is 5.75 Å². The van der Waals surface area contributed by atoms with E-state index in [-0.39, 0.29) is 58.6 Å². The monoisotopic (exact) mass is 510 g/mol. The summed E-state index contributed by atoms with van der Waals surface area (Å²) < 4.78 is 25.1. The molecule has 2 rings (SSSR count). The molecule has 1 aromatic rings. The smallest absolute Gasteiger partial charge is 0.332 e. The van der Waals surface area contributed by atoms with Crippen LogP contribution in [0.1, 0.15) is 5.56 Å². The minimum Gasteiger partial charge on any atom is -0.497 e. The summed E-state index contributed by atoms with van der Waals surface area (Å²) in [5, 5.41) is 17.4. The Morgan fingerprint density at radius 3 is 1.83 bits per heavy atom.